The molecule has 0 radical (unpaired) electrons. The highest BCUT2D eigenvalue weighted by Gasteiger charge is 2.08. The maximum atomic E-state index is 11.7. The van der Waals surface area contributed by atoms with Crippen molar-refractivity contribution < 1.29 is 19.1 Å². The van der Waals surface area contributed by atoms with E-state index in [0.717, 1.165) is 10.8 Å². The summed E-state index contributed by atoms with van der Waals surface area (Å²) in [6.45, 7) is 5.02. The summed E-state index contributed by atoms with van der Waals surface area (Å²) in [7, 11) is 0. The average Bonchev–Trinajstić information content (AvgIpc) is 2.43. The smallest absolute Gasteiger partial charge is 0.338 e. The predicted molar refractivity (Wildman–Crippen MR) is 75.7 cm³/mol. The molecule has 0 heterocycles. The lowest BCUT2D eigenvalue weighted by molar-refractivity contribution is -0.131. The Hall–Kier alpha value is -2.62. The standard InChI is InChI=1S/C16H14O4/c1-3-8-19-16(18)14-5-4-13-10-15(20-11(2)17)7-6-12(13)9-14/h3-7,9-10H,1,8H2,2H3. The van der Waals surface area contributed by atoms with Crippen LogP contribution < -0.4 is 4.74 Å². The Bertz CT molecular complexity index is 673. The first kappa shape index (κ1) is 13.8. The third-order valence-corrected chi connectivity index (χ3v) is 2.64. The summed E-state index contributed by atoms with van der Waals surface area (Å²) in [5, 5.41) is 1.75. The molecule has 0 aliphatic carbocycles. The molecule has 0 atom stereocenters. The third-order valence-electron chi connectivity index (χ3n) is 2.64. The van der Waals surface area contributed by atoms with E-state index in [2.05, 4.69) is 6.58 Å². The maximum Gasteiger partial charge on any atom is 0.338 e. The Morgan fingerprint density at radius 3 is 2.55 bits per heavy atom. The van der Waals surface area contributed by atoms with E-state index >= 15 is 0 Å². The van der Waals surface area contributed by atoms with Gasteiger partial charge in [0.2, 0.25) is 0 Å². The first-order valence-corrected chi connectivity index (χ1v) is 6.10. The summed E-state index contributed by atoms with van der Waals surface area (Å²) in [6.07, 6.45) is 1.52. The summed E-state index contributed by atoms with van der Waals surface area (Å²) < 4.78 is 9.99. The van der Waals surface area contributed by atoms with Crippen LogP contribution in [0.3, 0.4) is 0 Å². The topological polar surface area (TPSA) is 52.6 Å². The van der Waals surface area contributed by atoms with Gasteiger partial charge >= 0.3 is 11.9 Å². The SMILES string of the molecule is C=CCOC(=O)c1ccc2cc(OC(C)=O)ccc2c1. The fourth-order valence-electron chi connectivity index (χ4n) is 1.80. The molecule has 2 aromatic carbocycles. The molecule has 2 rings (SSSR count). The molecule has 102 valence electrons. The normalized spacial score (nSPS) is 10.1. The van der Waals surface area contributed by atoms with Gasteiger partial charge in [-0.2, -0.15) is 0 Å². The Labute approximate surface area is 116 Å². The van der Waals surface area contributed by atoms with Gasteiger partial charge in [-0.1, -0.05) is 24.8 Å². The van der Waals surface area contributed by atoms with Crippen molar-refractivity contribution in [2.24, 2.45) is 0 Å². The molecule has 0 amide bonds. The van der Waals surface area contributed by atoms with Crippen LogP contribution in [0.5, 0.6) is 5.75 Å². The van der Waals surface area contributed by atoms with Crippen molar-refractivity contribution in [2.45, 2.75) is 6.92 Å². The van der Waals surface area contributed by atoms with Gasteiger partial charge in [-0.15, -0.1) is 0 Å². The van der Waals surface area contributed by atoms with Crippen molar-refractivity contribution >= 4 is 22.7 Å². The molecule has 0 N–H and O–H groups in total. The minimum absolute atomic E-state index is 0.183. The molecule has 0 spiro atoms. The number of fused-ring (bicyclic) bond motifs is 1. The Morgan fingerprint density at radius 1 is 1.15 bits per heavy atom. The number of benzene rings is 2. The molecule has 20 heavy (non-hydrogen) atoms. The van der Waals surface area contributed by atoms with E-state index in [0.29, 0.717) is 11.3 Å². The second-order valence-electron chi connectivity index (χ2n) is 4.20. The van der Waals surface area contributed by atoms with E-state index in [9.17, 15) is 9.59 Å². The number of carbonyl (C=O) groups is 2. The lowest BCUT2D eigenvalue weighted by atomic mass is 10.1. The van der Waals surface area contributed by atoms with Crippen LogP contribution in [0.4, 0.5) is 0 Å². The molecule has 0 unspecified atom stereocenters. The lowest BCUT2D eigenvalue weighted by Crippen LogP contribution is -2.04. The molecule has 0 aromatic heterocycles. The quantitative estimate of drug-likeness (QED) is 0.486. The van der Waals surface area contributed by atoms with Gasteiger partial charge in [0, 0.05) is 6.92 Å². The zero-order valence-corrected chi connectivity index (χ0v) is 11.1. The number of esters is 2. The number of rotatable bonds is 4. The van der Waals surface area contributed by atoms with Crippen LogP contribution in [0.25, 0.3) is 10.8 Å². The van der Waals surface area contributed by atoms with E-state index in [-0.39, 0.29) is 12.6 Å². The van der Waals surface area contributed by atoms with Gasteiger partial charge in [0.25, 0.3) is 0 Å². The van der Waals surface area contributed by atoms with Crippen LogP contribution in [0.2, 0.25) is 0 Å². The maximum absolute atomic E-state index is 11.7. The van der Waals surface area contributed by atoms with E-state index in [4.69, 9.17) is 9.47 Å². The second-order valence-corrected chi connectivity index (χ2v) is 4.20. The molecule has 0 saturated carbocycles. The molecule has 0 bridgehead atoms. The minimum Gasteiger partial charge on any atom is -0.458 e. The highest BCUT2D eigenvalue weighted by molar-refractivity contribution is 5.95. The summed E-state index contributed by atoms with van der Waals surface area (Å²) in [4.78, 5) is 22.6. The number of ether oxygens (including phenoxy) is 2. The zero-order chi connectivity index (χ0) is 14.5. The molecule has 0 fully saturated rings. The number of carbonyl (C=O) groups excluding carboxylic acids is 2. The zero-order valence-electron chi connectivity index (χ0n) is 11.1. The van der Waals surface area contributed by atoms with Crippen LogP contribution in [0, 0.1) is 0 Å². The number of hydrogen-bond donors (Lipinski definition) is 0. The van der Waals surface area contributed by atoms with Crippen LogP contribution in [-0.2, 0) is 9.53 Å². The van der Waals surface area contributed by atoms with Crippen molar-refractivity contribution in [3.05, 3.63) is 54.6 Å². The van der Waals surface area contributed by atoms with E-state index < -0.39 is 5.97 Å². The Balaban J connectivity index is 2.29. The third kappa shape index (κ3) is 3.23. The van der Waals surface area contributed by atoms with Gasteiger partial charge in [0.1, 0.15) is 12.4 Å². The van der Waals surface area contributed by atoms with Crippen molar-refractivity contribution in [1.82, 2.24) is 0 Å². The van der Waals surface area contributed by atoms with Gasteiger partial charge in [-0.05, 0) is 35.0 Å². The Kier molecular flexibility index (Phi) is 4.15. The van der Waals surface area contributed by atoms with E-state index in [1.54, 1.807) is 36.4 Å². The van der Waals surface area contributed by atoms with Crippen LogP contribution >= 0.6 is 0 Å². The fourth-order valence-corrected chi connectivity index (χ4v) is 1.80. The molecule has 4 heteroatoms. The summed E-state index contributed by atoms with van der Waals surface area (Å²) in [5.74, 6) is -0.281. The number of hydrogen-bond acceptors (Lipinski definition) is 4. The monoisotopic (exact) mass is 270 g/mol. The highest BCUT2D eigenvalue weighted by atomic mass is 16.5. The van der Waals surface area contributed by atoms with Crippen molar-refractivity contribution in [3.63, 3.8) is 0 Å². The molecule has 4 nitrogen and oxygen atoms in total. The largest absolute Gasteiger partial charge is 0.458 e. The summed E-state index contributed by atoms with van der Waals surface area (Å²) in [6, 6.07) is 10.4. The predicted octanol–water partition coefficient (Wildman–Crippen LogP) is 3.11. The van der Waals surface area contributed by atoms with Gasteiger partial charge in [-0.3, -0.25) is 4.79 Å². The average molecular weight is 270 g/mol. The van der Waals surface area contributed by atoms with Gasteiger partial charge in [0.15, 0.2) is 0 Å². The van der Waals surface area contributed by atoms with Gasteiger partial charge in [0.05, 0.1) is 5.56 Å². The molecule has 0 aliphatic rings. The minimum atomic E-state index is -0.393. The summed E-state index contributed by atoms with van der Waals surface area (Å²) in [5.41, 5.74) is 0.472. The first-order chi connectivity index (χ1) is 9.60. The van der Waals surface area contributed by atoms with Crippen molar-refractivity contribution in [3.8, 4) is 5.75 Å². The van der Waals surface area contributed by atoms with Gasteiger partial charge < -0.3 is 9.47 Å². The van der Waals surface area contributed by atoms with Gasteiger partial charge in [-0.25, -0.2) is 4.79 Å². The molecule has 0 aliphatic heterocycles. The van der Waals surface area contributed by atoms with E-state index in [1.165, 1.54) is 13.0 Å². The first-order valence-electron chi connectivity index (χ1n) is 6.10. The molecular weight excluding hydrogens is 256 g/mol. The second kappa shape index (κ2) is 6.02. The van der Waals surface area contributed by atoms with Crippen molar-refractivity contribution in [2.75, 3.05) is 6.61 Å². The highest BCUT2D eigenvalue weighted by Crippen LogP contribution is 2.22. The molecule has 0 saturated heterocycles. The molecule has 2 aromatic rings. The lowest BCUT2D eigenvalue weighted by Gasteiger charge is -2.06. The van der Waals surface area contributed by atoms with Crippen LogP contribution in [0.15, 0.2) is 49.1 Å². The Morgan fingerprint density at radius 2 is 1.85 bits per heavy atom. The van der Waals surface area contributed by atoms with Crippen LogP contribution in [-0.4, -0.2) is 18.5 Å². The van der Waals surface area contributed by atoms with Crippen LogP contribution in [0.1, 0.15) is 17.3 Å². The molecular formula is C16H14O4. The van der Waals surface area contributed by atoms with E-state index in [1.807, 2.05) is 0 Å². The summed E-state index contributed by atoms with van der Waals surface area (Å²) >= 11 is 0. The fraction of sp³-hybridized carbons (Fsp3) is 0.125. The van der Waals surface area contributed by atoms with Crippen molar-refractivity contribution in [1.29, 1.82) is 0 Å².